The first kappa shape index (κ1) is 22.7. The largest absolute Gasteiger partial charge is 0.493 e. The Labute approximate surface area is 184 Å². The lowest BCUT2D eigenvalue weighted by atomic mass is 10.0. The summed E-state index contributed by atoms with van der Waals surface area (Å²) in [6, 6.07) is 8.14. The SMILES string of the molecule is Cc1nn(C)c(C)c1CCCNC(=NCC(=O)N(C)C)NC1CCOc2ccccc21. The second kappa shape index (κ2) is 10.3. The molecule has 31 heavy (non-hydrogen) atoms. The topological polar surface area (TPSA) is 83.8 Å². The van der Waals surface area contributed by atoms with Crippen LogP contribution in [0, 0.1) is 13.8 Å². The van der Waals surface area contributed by atoms with Crippen LogP contribution < -0.4 is 15.4 Å². The number of fused-ring (bicyclic) bond motifs is 1. The van der Waals surface area contributed by atoms with Crippen LogP contribution in [-0.4, -0.2) is 60.3 Å². The lowest BCUT2D eigenvalue weighted by Crippen LogP contribution is -2.42. The monoisotopic (exact) mass is 426 g/mol. The Balaban J connectivity index is 1.64. The smallest absolute Gasteiger partial charge is 0.243 e. The highest BCUT2D eigenvalue weighted by atomic mass is 16.5. The zero-order chi connectivity index (χ0) is 22.4. The Morgan fingerprint density at radius 3 is 2.81 bits per heavy atom. The molecule has 1 aliphatic heterocycles. The van der Waals surface area contributed by atoms with Crippen LogP contribution >= 0.6 is 0 Å². The van der Waals surface area contributed by atoms with E-state index in [4.69, 9.17) is 4.74 Å². The summed E-state index contributed by atoms with van der Waals surface area (Å²) < 4.78 is 7.70. The number of guanidine groups is 1. The molecule has 0 spiro atoms. The summed E-state index contributed by atoms with van der Waals surface area (Å²) in [5.74, 6) is 1.52. The molecule has 1 unspecified atom stereocenters. The average molecular weight is 427 g/mol. The van der Waals surface area contributed by atoms with Gasteiger partial charge in [-0.2, -0.15) is 5.10 Å². The van der Waals surface area contributed by atoms with E-state index in [1.54, 1.807) is 19.0 Å². The Kier molecular flexibility index (Phi) is 7.55. The highest BCUT2D eigenvalue weighted by Crippen LogP contribution is 2.31. The minimum atomic E-state index is -0.0323. The summed E-state index contributed by atoms with van der Waals surface area (Å²) in [4.78, 5) is 18.2. The van der Waals surface area contributed by atoms with Gasteiger partial charge in [0, 0.05) is 45.4 Å². The number of nitrogens with one attached hydrogen (secondary N) is 2. The van der Waals surface area contributed by atoms with Gasteiger partial charge in [-0.1, -0.05) is 18.2 Å². The molecule has 0 bridgehead atoms. The van der Waals surface area contributed by atoms with Crippen molar-refractivity contribution < 1.29 is 9.53 Å². The Morgan fingerprint density at radius 1 is 1.32 bits per heavy atom. The average Bonchev–Trinajstić information content (AvgIpc) is 3.00. The molecule has 2 N–H and O–H groups in total. The fraction of sp³-hybridized carbons (Fsp3) is 0.522. The summed E-state index contributed by atoms with van der Waals surface area (Å²) in [6.07, 6.45) is 2.73. The van der Waals surface area contributed by atoms with Gasteiger partial charge in [-0.25, -0.2) is 4.99 Å². The number of carbonyl (C=O) groups excluding carboxylic acids is 1. The molecule has 8 nitrogen and oxygen atoms in total. The third-order valence-corrected chi connectivity index (χ3v) is 5.70. The van der Waals surface area contributed by atoms with Crippen LogP contribution in [-0.2, 0) is 18.3 Å². The van der Waals surface area contributed by atoms with Gasteiger partial charge in [-0.15, -0.1) is 0 Å². The van der Waals surface area contributed by atoms with Crippen LogP contribution in [0.2, 0.25) is 0 Å². The molecule has 2 aromatic rings. The van der Waals surface area contributed by atoms with Crippen molar-refractivity contribution >= 4 is 11.9 Å². The Hall–Kier alpha value is -3.03. The van der Waals surface area contributed by atoms with Crippen LogP contribution in [0.5, 0.6) is 5.75 Å². The first-order valence-electron chi connectivity index (χ1n) is 10.8. The molecular weight excluding hydrogens is 392 g/mol. The number of likely N-dealkylation sites (N-methyl/N-ethyl adjacent to an activating group) is 1. The second-order valence-electron chi connectivity index (χ2n) is 8.13. The summed E-state index contributed by atoms with van der Waals surface area (Å²) in [5.41, 5.74) is 4.71. The molecule has 3 rings (SSSR count). The van der Waals surface area contributed by atoms with Gasteiger partial charge in [-0.05, 0) is 38.3 Å². The van der Waals surface area contributed by atoms with E-state index in [1.807, 2.05) is 29.9 Å². The summed E-state index contributed by atoms with van der Waals surface area (Å²) >= 11 is 0. The quantitative estimate of drug-likeness (QED) is 0.403. The highest BCUT2D eigenvalue weighted by Gasteiger charge is 2.22. The second-order valence-corrected chi connectivity index (χ2v) is 8.13. The minimum absolute atomic E-state index is 0.0323. The van der Waals surface area contributed by atoms with Crippen molar-refractivity contribution in [2.24, 2.45) is 12.0 Å². The predicted octanol–water partition coefficient (Wildman–Crippen LogP) is 2.12. The molecule has 1 aliphatic rings. The third-order valence-electron chi connectivity index (χ3n) is 5.70. The van der Waals surface area contributed by atoms with Crippen molar-refractivity contribution in [2.75, 3.05) is 33.8 Å². The molecule has 8 heteroatoms. The highest BCUT2D eigenvalue weighted by molar-refractivity contribution is 5.85. The summed E-state index contributed by atoms with van der Waals surface area (Å²) in [7, 11) is 5.46. The van der Waals surface area contributed by atoms with E-state index < -0.39 is 0 Å². The van der Waals surface area contributed by atoms with Gasteiger partial charge in [0.2, 0.25) is 5.91 Å². The molecule has 0 aliphatic carbocycles. The number of carbonyl (C=O) groups is 1. The van der Waals surface area contributed by atoms with E-state index >= 15 is 0 Å². The van der Waals surface area contributed by atoms with Crippen LogP contribution in [0.3, 0.4) is 0 Å². The van der Waals surface area contributed by atoms with Crippen molar-refractivity contribution in [3.05, 3.63) is 46.8 Å². The summed E-state index contributed by atoms with van der Waals surface area (Å²) in [6.45, 7) is 5.67. The maximum Gasteiger partial charge on any atom is 0.243 e. The van der Waals surface area contributed by atoms with Crippen molar-refractivity contribution in [3.8, 4) is 5.75 Å². The third kappa shape index (κ3) is 5.77. The van der Waals surface area contributed by atoms with Crippen molar-refractivity contribution in [1.82, 2.24) is 25.3 Å². The van der Waals surface area contributed by atoms with Gasteiger partial charge in [0.15, 0.2) is 5.96 Å². The van der Waals surface area contributed by atoms with Gasteiger partial charge in [0.05, 0.1) is 18.3 Å². The molecule has 168 valence electrons. The van der Waals surface area contributed by atoms with Crippen molar-refractivity contribution in [2.45, 2.75) is 39.2 Å². The number of rotatable bonds is 7. The number of amides is 1. The number of para-hydroxylation sites is 1. The number of nitrogens with zero attached hydrogens (tertiary/aromatic N) is 4. The molecular formula is C23H34N6O2. The molecule has 2 heterocycles. The number of benzene rings is 1. The zero-order valence-electron chi connectivity index (χ0n) is 19.2. The number of ether oxygens (including phenoxy) is 1. The standard InChI is InChI=1S/C23H34N6O2/c1-16-18(17(2)29(5)27-16)10-8-13-24-23(25-15-22(30)28(3)4)26-20-12-14-31-21-11-7-6-9-19(20)21/h6-7,9,11,20H,8,10,12-15H2,1-5H3,(H2,24,25,26). The van der Waals surface area contributed by atoms with E-state index in [0.717, 1.165) is 42.8 Å². The maximum absolute atomic E-state index is 12.1. The van der Waals surface area contributed by atoms with Crippen molar-refractivity contribution in [3.63, 3.8) is 0 Å². The molecule has 1 aromatic heterocycles. The molecule has 1 amide bonds. The molecule has 0 saturated carbocycles. The van der Waals surface area contributed by atoms with Gasteiger partial charge in [0.1, 0.15) is 12.3 Å². The normalized spacial score (nSPS) is 15.8. The van der Waals surface area contributed by atoms with E-state index in [-0.39, 0.29) is 18.5 Å². The van der Waals surface area contributed by atoms with Crippen LogP contribution in [0.15, 0.2) is 29.3 Å². The van der Waals surface area contributed by atoms with E-state index in [1.165, 1.54) is 11.3 Å². The Bertz CT molecular complexity index is 934. The Morgan fingerprint density at radius 2 is 2.10 bits per heavy atom. The van der Waals surface area contributed by atoms with Gasteiger partial charge in [-0.3, -0.25) is 9.48 Å². The van der Waals surface area contributed by atoms with Crippen LogP contribution in [0.1, 0.15) is 41.4 Å². The fourth-order valence-electron chi connectivity index (χ4n) is 3.75. The zero-order valence-corrected chi connectivity index (χ0v) is 19.2. The lowest BCUT2D eigenvalue weighted by molar-refractivity contribution is -0.127. The lowest BCUT2D eigenvalue weighted by Gasteiger charge is -2.28. The van der Waals surface area contributed by atoms with E-state index in [0.29, 0.717) is 12.6 Å². The fourth-order valence-corrected chi connectivity index (χ4v) is 3.75. The molecule has 1 atom stereocenters. The van der Waals surface area contributed by atoms with Crippen molar-refractivity contribution in [1.29, 1.82) is 0 Å². The summed E-state index contributed by atoms with van der Waals surface area (Å²) in [5, 5.41) is 11.4. The van der Waals surface area contributed by atoms with Crippen LogP contribution in [0.4, 0.5) is 0 Å². The number of hydrogen-bond acceptors (Lipinski definition) is 4. The predicted molar refractivity (Wildman–Crippen MR) is 122 cm³/mol. The van der Waals surface area contributed by atoms with E-state index in [9.17, 15) is 4.79 Å². The minimum Gasteiger partial charge on any atom is -0.493 e. The molecule has 0 fully saturated rings. The van der Waals surface area contributed by atoms with Gasteiger partial charge in [0.25, 0.3) is 0 Å². The maximum atomic E-state index is 12.1. The number of hydrogen-bond donors (Lipinski definition) is 2. The van der Waals surface area contributed by atoms with Gasteiger partial charge >= 0.3 is 0 Å². The van der Waals surface area contributed by atoms with E-state index in [2.05, 4.69) is 40.6 Å². The first-order valence-corrected chi connectivity index (χ1v) is 10.8. The molecule has 0 saturated heterocycles. The van der Waals surface area contributed by atoms with Crippen LogP contribution in [0.25, 0.3) is 0 Å². The first-order chi connectivity index (χ1) is 14.9. The number of aryl methyl sites for hydroxylation is 2. The number of aromatic nitrogens is 2. The molecule has 0 radical (unpaired) electrons. The van der Waals surface area contributed by atoms with Gasteiger partial charge < -0.3 is 20.3 Å². The molecule has 1 aromatic carbocycles. The number of aliphatic imine (C=N–C) groups is 1.